The molecule has 1 rings (SSSR count). The summed E-state index contributed by atoms with van der Waals surface area (Å²) in [5.74, 6) is 0. The van der Waals surface area contributed by atoms with Gasteiger partial charge < -0.3 is 5.32 Å². The van der Waals surface area contributed by atoms with Crippen LogP contribution in [-0.4, -0.2) is 26.8 Å². The molecule has 2 N–H and O–H groups in total. The van der Waals surface area contributed by atoms with Gasteiger partial charge in [0.25, 0.3) is 0 Å². The summed E-state index contributed by atoms with van der Waals surface area (Å²) in [5, 5.41) is 12.2. The van der Waals surface area contributed by atoms with Gasteiger partial charge in [0.2, 0.25) is 10.0 Å². The zero-order valence-corrected chi connectivity index (χ0v) is 12.4. The number of aryl methyl sites for hydroxylation is 1. The van der Waals surface area contributed by atoms with E-state index in [9.17, 15) is 8.42 Å². The fraction of sp³-hybridized carbons (Fsp3) is 0.462. The lowest BCUT2D eigenvalue weighted by Gasteiger charge is -2.26. The molecule has 0 radical (unpaired) electrons. The molecule has 0 spiro atoms. The first-order valence-corrected chi connectivity index (χ1v) is 7.76. The van der Waals surface area contributed by atoms with Gasteiger partial charge in [0.15, 0.2) is 0 Å². The summed E-state index contributed by atoms with van der Waals surface area (Å²) in [6.07, 6.45) is 1.13. The Labute approximate surface area is 114 Å². The highest BCUT2D eigenvalue weighted by Gasteiger charge is 2.22. The molecule has 0 fully saturated rings. The topological polar surface area (TPSA) is 82.0 Å². The number of hydrogen-bond donors (Lipinski definition) is 2. The summed E-state index contributed by atoms with van der Waals surface area (Å²) in [5.41, 5.74) is 1.63. The number of rotatable bonds is 5. The average molecular weight is 281 g/mol. The van der Waals surface area contributed by atoms with E-state index < -0.39 is 15.6 Å². The number of nitrogens with one attached hydrogen (secondary N) is 2. The van der Waals surface area contributed by atoms with Gasteiger partial charge in [-0.25, -0.2) is 13.1 Å². The molecule has 104 valence electrons. The zero-order chi connectivity index (χ0) is 14.7. The highest BCUT2D eigenvalue weighted by molar-refractivity contribution is 7.88. The zero-order valence-electron chi connectivity index (χ0n) is 11.6. The van der Waals surface area contributed by atoms with Gasteiger partial charge in [-0.1, -0.05) is 6.07 Å². The average Bonchev–Trinajstić information content (AvgIpc) is 2.24. The van der Waals surface area contributed by atoms with Crippen LogP contribution in [0.2, 0.25) is 0 Å². The minimum atomic E-state index is -3.26. The first-order chi connectivity index (χ1) is 8.63. The Morgan fingerprint density at radius 3 is 2.53 bits per heavy atom. The fourth-order valence-corrected chi connectivity index (χ4v) is 2.83. The van der Waals surface area contributed by atoms with E-state index in [1.165, 1.54) is 0 Å². The minimum Gasteiger partial charge on any atom is -0.382 e. The Bertz CT molecular complexity index is 601. The summed E-state index contributed by atoms with van der Waals surface area (Å²) in [6.45, 7) is 5.86. The number of hydrogen-bond acceptors (Lipinski definition) is 4. The Morgan fingerprint density at radius 1 is 1.37 bits per heavy atom. The molecule has 0 saturated carbocycles. The maximum absolute atomic E-state index is 11.2. The second-order valence-electron chi connectivity index (χ2n) is 5.27. The summed E-state index contributed by atoms with van der Waals surface area (Å²) in [7, 11) is -3.26. The van der Waals surface area contributed by atoms with Crippen LogP contribution in [0, 0.1) is 18.3 Å². The highest BCUT2D eigenvalue weighted by atomic mass is 32.2. The molecule has 5 nitrogen and oxygen atoms in total. The number of anilines is 1. The quantitative estimate of drug-likeness (QED) is 0.859. The smallest absolute Gasteiger partial charge is 0.209 e. The molecule has 0 aliphatic carbocycles. The van der Waals surface area contributed by atoms with Crippen LogP contribution < -0.4 is 10.0 Å². The van der Waals surface area contributed by atoms with Crippen LogP contribution in [0.15, 0.2) is 18.2 Å². The van der Waals surface area contributed by atoms with Crippen LogP contribution in [-0.2, 0) is 10.0 Å². The largest absolute Gasteiger partial charge is 0.382 e. The van der Waals surface area contributed by atoms with Crippen molar-refractivity contribution in [1.29, 1.82) is 5.26 Å². The predicted molar refractivity (Wildman–Crippen MR) is 76.4 cm³/mol. The van der Waals surface area contributed by atoms with E-state index in [1.807, 2.05) is 19.1 Å². The Hall–Kier alpha value is -1.58. The minimum absolute atomic E-state index is 0.387. The van der Waals surface area contributed by atoms with E-state index in [0.717, 1.165) is 11.8 Å². The fourth-order valence-electron chi connectivity index (χ4n) is 1.76. The van der Waals surface area contributed by atoms with Crippen LogP contribution >= 0.6 is 0 Å². The SMILES string of the molecule is Cc1ccc(NCC(C)(C)NS(C)(=O)=O)c(C#N)c1. The summed E-state index contributed by atoms with van der Waals surface area (Å²) >= 11 is 0. The molecule has 1 aromatic rings. The molecule has 0 saturated heterocycles. The number of benzene rings is 1. The highest BCUT2D eigenvalue weighted by Crippen LogP contribution is 2.17. The third kappa shape index (κ3) is 5.28. The number of nitriles is 1. The lowest BCUT2D eigenvalue weighted by atomic mass is 10.1. The van der Waals surface area contributed by atoms with Crippen LogP contribution in [0.4, 0.5) is 5.69 Å². The second kappa shape index (κ2) is 5.59. The molecular formula is C13H19N3O2S. The molecule has 1 aromatic carbocycles. The molecule has 0 bridgehead atoms. The molecule has 0 heterocycles. The van der Waals surface area contributed by atoms with Gasteiger partial charge in [0, 0.05) is 12.1 Å². The first kappa shape index (κ1) is 15.5. The van der Waals surface area contributed by atoms with Crippen molar-refractivity contribution in [1.82, 2.24) is 4.72 Å². The number of nitrogens with zero attached hydrogens (tertiary/aromatic N) is 1. The van der Waals surface area contributed by atoms with Crippen LogP contribution in [0.3, 0.4) is 0 Å². The van der Waals surface area contributed by atoms with Crippen molar-refractivity contribution in [3.63, 3.8) is 0 Å². The third-order valence-corrected chi connectivity index (χ3v) is 3.40. The molecule has 0 unspecified atom stereocenters. The standard InChI is InChI=1S/C13H19N3O2S/c1-10-5-6-12(11(7-10)8-14)15-9-13(2,3)16-19(4,17)18/h5-7,15-16H,9H2,1-4H3. The van der Waals surface area contributed by atoms with Crippen molar-refractivity contribution >= 4 is 15.7 Å². The molecular weight excluding hydrogens is 262 g/mol. The summed E-state index contributed by atoms with van der Waals surface area (Å²) in [6, 6.07) is 7.64. The van der Waals surface area contributed by atoms with E-state index in [1.54, 1.807) is 19.9 Å². The molecule has 0 atom stereocenters. The van der Waals surface area contributed by atoms with Crippen LogP contribution in [0.25, 0.3) is 0 Å². The van der Waals surface area contributed by atoms with Crippen molar-refractivity contribution in [2.75, 3.05) is 18.1 Å². The van der Waals surface area contributed by atoms with E-state index in [-0.39, 0.29) is 0 Å². The van der Waals surface area contributed by atoms with Gasteiger partial charge in [-0.3, -0.25) is 0 Å². The van der Waals surface area contributed by atoms with Crippen molar-refractivity contribution in [2.24, 2.45) is 0 Å². The van der Waals surface area contributed by atoms with E-state index in [4.69, 9.17) is 5.26 Å². The van der Waals surface area contributed by atoms with Gasteiger partial charge in [-0.2, -0.15) is 5.26 Å². The lowest BCUT2D eigenvalue weighted by Crippen LogP contribution is -2.47. The van der Waals surface area contributed by atoms with E-state index in [2.05, 4.69) is 16.1 Å². The molecule has 0 amide bonds. The van der Waals surface area contributed by atoms with Gasteiger partial charge in [0.05, 0.1) is 17.5 Å². The Balaban J connectivity index is 2.80. The molecule has 0 aliphatic rings. The Kier molecular flexibility index (Phi) is 4.56. The first-order valence-electron chi connectivity index (χ1n) is 5.86. The van der Waals surface area contributed by atoms with Gasteiger partial charge >= 0.3 is 0 Å². The van der Waals surface area contributed by atoms with E-state index >= 15 is 0 Å². The molecule has 19 heavy (non-hydrogen) atoms. The predicted octanol–water partition coefficient (Wildman–Crippen LogP) is 1.61. The second-order valence-corrected chi connectivity index (χ2v) is 7.02. The van der Waals surface area contributed by atoms with Gasteiger partial charge in [-0.15, -0.1) is 0 Å². The Morgan fingerprint density at radius 2 is 2.00 bits per heavy atom. The maximum Gasteiger partial charge on any atom is 0.209 e. The van der Waals surface area contributed by atoms with Crippen LogP contribution in [0.1, 0.15) is 25.0 Å². The van der Waals surface area contributed by atoms with Crippen molar-refractivity contribution in [2.45, 2.75) is 26.3 Å². The molecule has 6 heteroatoms. The van der Waals surface area contributed by atoms with Crippen LogP contribution in [0.5, 0.6) is 0 Å². The summed E-state index contributed by atoms with van der Waals surface area (Å²) in [4.78, 5) is 0. The van der Waals surface area contributed by atoms with Gasteiger partial charge in [-0.05, 0) is 38.5 Å². The normalized spacial score (nSPS) is 11.9. The number of sulfonamides is 1. The van der Waals surface area contributed by atoms with Crippen molar-refractivity contribution in [3.05, 3.63) is 29.3 Å². The molecule has 0 aromatic heterocycles. The third-order valence-electron chi connectivity index (χ3n) is 2.48. The maximum atomic E-state index is 11.2. The monoisotopic (exact) mass is 281 g/mol. The van der Waals surface area contributed by atoms with Gasteiger partial charge in [0.1, 0.15) is 6.07 Å². The lowest BCUT2D eigenvalue weighted by molar-refractivity contribution is 0.476. The summed E-state index contributed by atoms with van der Waals surface area (Å²) < 4.78 is 25.0. The molecule has 0 aliphatic heterocycles. The van der Waals surface area contributed by atoms with Crippen molar-refractivity contribution < 1.29 is 8.42 Å². The van der Waals surface area contributed by atoms with E-state index in [0.29, 0.717) is 17.8 Å². The van der Waals surface area contributed by atoms with Crippen molar-refractivity contribution in [3.8, 4) is 6.07 Å².